The first-order chi connectivity index (χ1) is 12.9. The average molecular weight is 422 g/mol. The molecule has 0 amide bonds. The Morgan fingerprint density at radius 3 is 2.63 bits per heavy atom. The molecular formula is C19H11Cl3N2O3. The van der Waals surface area contributed by atoms with Gasteiger partial charge >= 0.3 is 5.97 Å². The zero-order valence-corrected chi connectivity index (χ0v) is 15.8. The van der Waals surface area contributed by atoms with Crippen molar-refractivity contribution in [1.29, 1.82) is 0 Å². The van der Waals surface area contributed by atoms with Gasteiger partial charge in [-0.2, -0.15) is 0 Å². The lowest BCUT2D eigenvalue weighted by atomic mass is 10.2. The molecule has 3 aromatic rings. The lowest BCUT2D eigenvalue weighted by Gasteiger charge is -2.09. The molecule has 0 spiro atoms. The van der Waals surface area contributed by atoms with Gasteiger partial charge in [0.2, 0.25) is 0 Å². The molecule has 0 atom stereocenters. The number of aliphatic imine (C=N–C) groups is 1. The fourth-order valence-electron chi connectivity index (χ4n) is 2.14. The predicted octanol–water partition coefficient (Wildman–Crippen LogP) is 5.72. The van der Waals surface area contributed by atoms with Crippen LogP contribution in [-0.2, 0) is 0 Å². The second-order valence-corrected chi connectivity index (χ2v) is 6.61. The summed E-state index contributed by atoms with van der Waals surface area (Å²) in [5, 5.41) is 11.5. The second-order valence-electron chi connectivity index (χ2n) is 5.33. The van der Waals surface area contributed by atoms with E-state index in [0.29, 0.717) is 15.7 Å². The number of hydrogen-bond acceptors (Lipinski definition) is 5. The number of carbonyl (C=O) groups is 1. The summed E-state index contributed by atoms with van der Waals surface area (Å²) in [5.74, 6) is -1.06. The van der Waals surface area contributed by atoms with Gasteiger partial charge in [-0.15, -0.1) is 0 Å². The smallest absolute Gasteiger partial charge is 0.345 e. The number of phenols is 1. The number of ether oxygens (including phenoxy) is 1. The lowest BCUT2D eigenvalue weighted by Crippen LogP contribution is -2.09. The summed E-state index contributed by atoms with van der Waals surface area (Å²) in [7, 11) is 0. The summed E-state index contributed by atoms with van der Waals surface area (Å²) in [6.45, 7) is 0. The van der Waals surface area contributed by atoms with Gasteiger partial charge in [-0.05, 0) is 36.4 Å². The van der Waals surface area contributed by atoms with Crippen LogP contribution in [0.15, 0.2) is 59.9 Å². The van der Waals surface area contributed by atoms with Crippen LogP contribution in [0.3, 0.4) is 0 Å². The summed E-state index contributed by atoms with van der Waals surface area (Å²) >= 11 is 18.0. The Bertz CT molecular complexity index is 1020. The van der Waals surface area contributed by atoms with Gasteiger partial charge in [0, 0.05) is 40.3 Å². The maximum Gasteiger partial charge on any atom is 0.345 e. The molecule has 0 unspecified atom stereocenters. The molecule has 0 bridgehead atoms. The van der Waals surface area contributed by atoms with Crippen molar-refractivity contribution < 1.29 is 14.6 Å². The van der Waals surface area contributed by atoms with Crippen LogP contribution in [-0.4, -0.2) is 22.3 Å². The van der Waals surface area contributed by atoms with E-state index in [4.69, 9.17) is 39.5 Å². The first-order valence-electron chi connectivity index (χ1n) is 7.58. The third kappa shape index (κ3) is 4.77. The van der Waals surface area contributed by atoms with Gasteiger partial charge in [0.25, 0.3) is 0 Å². The molecule has 2 aromatic carbocycles. The number of nitrogens with zero attached hydrogens (tertiary/aromatic N) is 2. The Morgan fingerprint density at radius 1 is 1.11 bits per heavy atom. The number of pyridine rings is 1. The van der Waals surface area contributed by atoms with E-state index in [1.54, 1.807) is 30.3 Å². The molecule has 0 aliphatic rings. The number of rotatable bonds is 4. The third-order valence-corrected chi connectivity index (χ3v) is 4.18. The standard InChI is InChI=1S/C19H11Cl3N2O3/c20-13-3-4-16(15(22)7-13)24-10-12-6-14(21)8-17(18(12)25)27-19(26)11-2-1-5-23-9-11/h1-10,25H. The topological polar surface area (TPSA) is 71.8 Å². The molecule has 27 heavy (non-hydrogen) atoms. The van der Waals surface area contributed by atoms with Crippen LogP contribution in [0, 0.1) is 0 Å². The monoisotopic (exact) mass is 420 g/mol. The number of hydrogen-bond donors (Lipinski definition) is 1. The maximum absolute atomic E-state index is 12.2. The minimum Gasteiger partial charge on any atom is -0.504 e. The van der Waals surface area contributed by atoms with E-state index in [0.717, 1.165) is 0 Å². The van der Waals surface area contributed by atoms with Crippen LogP contribution in [0.2, 0.25) is 15.1 Å². The van der Waals surface area contributed by atoms with E-state index in [1.807, 2.05) is 0 Å². The summed E-state index contributed by atoms with van der Waals surface area (Å²) in [6.07, 6.45) is 4.25. The number of aromatic hydroxyl groups is 1. The van der Waals surface area contributed by atoms with Crippen molar-refractivity contribution >= 4 is 52.7 Å². The highest BCUT2D eigenvalue weighted by molar-refractivity contribution is 6.36. The van der Waals surface area contributed by atoms with E-state index in [9.17, 15) is 9.90 Å². The summed E-state index contributed by atoms with van der Waals surface area (Å²) in [5.41, 5.74) is 0.942. The molecule has 0 fully saturated rings. The maximum atomic E-state index is 12.2. The van der Waals surface area contributed by atoms with Gasteiger partial charge < -0.3 is 9.84 Å². The highest BCUT2D eigenvalue weighted by Gasteiger charge is 2.15. The molecule has 3 rings (SSSR count). The Morgan fingerprint density at radius 2 is 1.93 bits per heavy atom. The molecule has 5 nitrogen and oxygen atoms in total. The number of halogens is 3. The number of benzene rings is 2. The van der Waals surface area contributed by atoms with Crippen molar-refractivity contribution in [3.63, 3.8) is 0 Å². The molecule has 0 aliphatic heterocycles. The highest BCUT2D eigenvalue weighted by Crippen LogP contribution is 2.34. The number of carbonyl (C=O) groups excluding carboxylic acids is 1. The van der Waals surface area contributed by atoms with Gasteiger partial charge in [0.05, 0.1) is 16.3 Å². The first kappa shape index (κ1) is 19.2. The molecule has 0 saturated heterocycles. The molecule has 136 valence electrons. The van der Waals surface area contributed by atoms with Crippen molar-refractivity contribution in [1.82, 2.24) is 4.98 Å². The average Bonchev–Trinajstić information content (AvgIpc) is 2.65. The molecule has 1 aromatic heterocycles. The van der Waals surface area contributed by atoms with Crippen molar-refractivity contribution in [2.75, 3.05) is 0 Å². The molecule has 1 heterocycles. The van der Waals surface area contributed by atoms with E-state index < -0.39 is 5.97 Å². The lowest BCUT2D eigenvalue weighted by molar-refractivity contribution is 0.0729. The molecule has 0 saturated carbocycles. The highest BCUT2D eigenvalue weighted by atomic mass is 35.5. The largest absolute Gasteiger partial charge is 0.504 e. The number of phenolic OH excluding ortho intramolecular Hbond substituents is 1. The van der Waals surface area contributed by atoms with Gasteiger partial charge in [0.15, 0.2) is 11.5 Å². The van der Waals surface area contributed by atoms with Gasteiger partial charge in [-0.1, -0.05) is 34.8 Å². The zero-order chi connectivity index (χ0) is 19.4. The Labute approximate surface area is 169 Å². The van der Waals surface area contributed by atoms with Crippen LogP contribution in [0.25, 0.3) is 0 Å². The minimum atomic E-state index is -0.677. The van der Waals surface area contributed by atoms with Crippen LogP contribution in [0.5, 0.6) is 11.5 Å². The van der Waals surface area contributed by atoms with Crippen molar-refractivity contribution in [3.05, 3.63) is 81.1 Å². The molecule has 0 radical (unpaired) electrons. The van der Waals surface area contributed by atoms with Crippen LogP contribution >= 0.6 is 34.8 Å². The minimum absolute atomic E-state index is 0.0972. The van der Waals surface area contributed by atoms with Crippen LogP contribution in [0.1, 0.15) is 15.9 Å². The van der Waals surface area contributed by atoms with Crippen molar-refractivity contribution in [3.8, 4) is 11.5 Å². The summed E-state index contributed by atoms with van der Waals surface area (Å²) in [6, 6.07) is 10.8. The number of esters is 1. The van der Waals surface area contributed by atoms with Gasteiger partial charge in [-0.25, -0.2) is 4.79 Å². The molecule has 8 heteroatoms. The Hall–Kier alpha value is -2.60. The van der Waals surface area contributed by atoms with Gasteiger partial charge in [-0.3, -0.25) is 9.98 Å². The SMILES string of the molecule is O=C(Oc1cc(Cl)cc(C=Nc2ccc(Cl)cc2Cl)c1O)c1cccnc1. The van der Waals surface area contributed by atoms with E-state index in [-0.39, 0.29) is 27.6 Å². The third-order valence-electron chi connectivity index (χ3n) is 3.42. The predicted molar refractivity (Wildman–Crippen MR) is 106 cm³/mol. The molecular weight excluding hydrogens is 411 g/mol. The van der Waals surface area contributed by atoms with Gasteiger partial charge in [0.1, 0.15) is 0 Å². The van der Waals surface area contributed by atoms with Crippen LogP contribution < -0.4 is 4.74 Å². The number of aromatic nitrogens is 1. The van der Waals surface area contributed by atoms with E-state index in [2.05, 4.69) is 9.98 Å². The first-order valence-corrected chi connectivity index (χ1v) is 8.71. The Kier molecular flexibility index (Phi) is 5.96. The summed E-state index contributed by atoms with van der Waals surface area (Å²) < 4.78 is 5.23. The van der Waals surface area contributed by atoms with E-state index >= 15 is 0 Å². The van der Waals surface area contributed by atoms with Crippen LogP contribution in [0.4, 0.5) is 5.69 Å². The van der Waals surface area contributed by atoms with Crippen molar-refractivity contribution in [2.24, 2.45) is 4.99 Å². The Balaban J connectivity index is 1.89. The quantitative estimate of drug-likeness (QED) is 0.332. The van der Waals surface area contributed by atoms with Crippen molar-refractivity contribution in [2.45, 2.75) is 0 Å². The molecule has 0 aliphatic carbocycles. The summed E-state index contributed by atoms with van der Waals surface area (Å²) in [4.78, 5) is 20.2. The fourth-order valence-corrected chi connectivity index (χ4v) is 2.81. The normalized spacial score (nSPS) is 10.9. The molecule has 1 N–H and O–H groups in total. The van der Waals surface area contributed by atoms with E-state index in [1.165, 1.54) is 30.7 Å². The fraction of sp³-hybridized carbons (Fsp3) is 0. The zero-order valence-electron chi connectivity index (χ0n) is 13.6. The second kappa shape index (κ2) is 8.39.